The first kappa shape index (κ1) is 15.4. The zero-order valence-corrected chi connectivity index (χ0v) is 13.7. The minimum atomic E-state index is -0.200. The average Bonchev–Trinajstić information content (AvgIpc) is 2.70. The van der Waals surface area contributed by atoms with Crippen LogP contribution in [0.3, 0.4) is 0 Å². The Balaban J connectivity index is 1.60. The van der Waals surface area contributed by atoms with Crippen molar-refractivity contribution in [2.24, 2.45) is 0 Å². The predicted octanol–water partition coefficient (Wildman–Crippen LogP) is 3.10. The van der Waals surface area contributed by atoms with Crippen LogP contribution in [0.2, 0.25) is 5.02 Å². The lowest BCUT2D eigenvalue weighted by atomic mass is 9.98. The molecule has 2 heterocycles. The third kappa shape index (κ3) is 3.15. The number of anilines is 1. The highest BCUT2D eigenvalue weighted by Crippen LogP contribution is 2.34. The van der Waals surface area contributed by atoms with Crippen molar-refractivity contribution in [1.82, 2.24) is 10.2 Å². The summed E-state index contributed by atoms with van der Waals surface area (Å²) in [6.45, 7) is 0. The number of carbonyl (C=O) groups excluding carboxylic acids is 1. The van der Waals surface area contributed by atoms with Crippen molar-refractivity contribution in [3.05, 3.63) is 23.2 Å². The van der Waals surface area contributed by atoms with E-state index in [-0.39, 0.29) is 12.1 Å². The fourth-order valence-electron chi connectivity index (χ4n) is 3.65. The molecule has 0 spiro atoms. The van der Waals surface area contributed by atoms with E-state index in [1.54, 1.807) is 25.3 Å². The number of ether oxygens (including phenoxy) is 1. The second-order valence-corrected chi connectivity index (χ2v) is 6.60. The van der Waals surface area contributed by atoms with Crippen molar-refractivity contribution in [2.75, 3.05) is 19.5 Å². The Kier molecular flexibility index (Phi) is 4.45. The molecule has 2 unspecified atom stereocenters. The number of nitrogens with zero attached hydrogens (tertiary/aromatic N) is 1. The van der Waals surface area contributed by atoms with Crippen LogP contribution in [-0.2, 0) is 0 Å². The lowest BCUT2D eigenvalue weighted by Crippen LogP contribution is -2.49. The van der Waals surface area contributed by atoms with Gasteiger partial charge in [-0.1, -0.05) is 11.6 Å². The molecule has 2 N–H and O–H groups in total. The third-order valence-electron chi connectivity index (χ3n) is 4.84. The van der Waals surface area contributed by atoms with Gasteiger partial charge in [0, 0.05) is 23.1 Å². The van der Waals surface area contributed by atoms with Crippen LogP contribution >= 0.6 is 11.6 Å². The predicted molar refractivity (Wildman–Crippen MR) is 87.8 cm³/mol. The monoisotopic (exact) mass is 323 g/mol. The number of hydrogen-bond donors (Lipinski definition) is 2. The van der Waals surface area contributed by atoms with Crippen LogP contribution in [-0.4, -0.2) is 43.2 Å². The fraction of sp³-hybridized carbons (Fsp3) is 0.562. The summed E-state index contributed by atoms with van der Waals surface area (Å²) in [6, 6.07) is 6.41. The molecule has 2 bridgehead atoms. The summed E-state index contributed by atoms with van der Waals surface area (Å²) in [6.07, 6.45) is 4.52. The quantitative estimate of drug-likeness (QED) is 0.898. The molecule has 22 heavy (non-hydrogen) atoms. The molecule has 2 aliphatic heterocycles. The van der Waals surface area contributed by atoms with Crippen LogP contribution in [0.15, 0.2) is 18.2 Å². The number of nitrogens with one attached hydrogen (secondary N) is 2. The second kappa shape index (κ2) is 6.34. The molecule has 2 amide bonds. The summed E-state index contributed by atoms with van der Waals surface area (Å²) < 4.78 is 5.24. The number of halogens is 1. The van der Waals surface area contributed by atoms with Gasteiger partial charge < -0.3 is 20.3 Å². The topological polar surface area (TPSA) is 53.6 Å². The Morgan fingerprint density at radius 1 is 1.32 bits per heavy atom. The average molecular weight is 324 g/mol. The number of rotatable bonds is 3. The Bertz CT molecular complexity index is 552. The summed E-state index contributed by atoms with van der Waals surface area (Å²) in [7, 11) is 3.76. The highest BCUT2D eigenvalue weighted by atomic mass is 35.5. The molecule has 1 aromatic rings. The number of piperidine rings is 1. The van der Waals surface area contributed by atoms with Crippen molar-refractivity contribution >= 4 is 23.3 Å². The maximum absolute atomic E-state index is 12.2. The van der Waals surface area contributed by atoms with Crippen molar-refractivity contribution in [3.8, 4) is 5.75 Å². The van der Waals surface area contributed by atoms with E-state index >= 15 is 0 Å². The zero-order chi connectivity index (χ0) is 15.7. The number of methoxy groups -OCH3 is 1. The molecule has 120 valence electrons. The normalized spacial score (nSPS) is 27.5. The van der Waals surface area contributed by atoms with Crippen LogP contribution in [0, 0.1) is 0 Å². The largest absolute Gasteiger partial charge is 0.495 e. The molecular formula is C16H22ClN3O2. The Labute approximate surface area is 136 Å². The Morgan fingerprint density at radius 2 is 2.00 bits per heavy atom. The summed E-state index contributed by atoms with van der Waals surface area (Å²) in [5, 5.41) is 6.49. The maximum atomic E-state index is 12.2. The molecule has 2 saturated heterocycles. The van der Waals surface area contributed by atoms with E-state index in [0.29, 0.717) is 28.5 Å². The molecular weight excluding hydrogens is 302 g/mol. The highest BCUT2D eigenvalue weighted by Gasteiger charge is 2.38. The van der Waals surface area contributed by atoms with Gasteiger partial charge >= 0.3 is 6.03 Å². The zero-order valence-electron chi connectivity index (χ0n) is 12.9. The van der Waals surface area contributed by atoms with Gasteiger partial charge in [-0.3, -0.25) is 0 Å². The first-order valence-electron chi connectivity index (χ1n) is 7.70. The summed E-state index contributed by atoms with van der Waals surface area (Å²) in [4.78, 5) is 14.7. The van der Waals surface area contributed by atoms with Gasteiger partial charge in [0.25, 0.3) is 0 Å². The minimum Gasteiger partial charge on any atom is -0.495 e. The minimum absolute atomic E-state index is 0.200. The van der Waals surface area contributed by atoms with Gasteiger partial charge in [-0.15, -0.1) is 0 Å². The van der Waals surface area contributed by atoms with Gasteiger partial charge in [0.15, 0.2) is 0 Å². The van der Waals surface area contributed by atoms with Gasteiger partial charge in [0.1, 0.15) is 5.75 Å². The number of hydrogen-bond acceptors (Lipinski definition) is 3. The molecule has 0 saturated carbocycles. The van der Waals surface area contributed by atoms with Gasteiger partial charge in [-0.2, -0.15) is 0 Å². The number of urea groups is 1. The summed E-state index contributed by atoms with van der Waals surface area (Å²) >= 11 is 5.98. The Hall–Kier alpha value is -1.46. The second-order valence-electron chi connectivity index (χ2n) is 6.16. The van der Waals surface area contributed by atoms with Crippen molar-refractivity contribution in [3.63, 3.8) is 0 Å². The SMILES string of the molecule is COc1ccc(Cl)cc1NC(=O)NC1CC2CCC(C1)N2C. The number of fused-ring (bicyclic) bond motifs is 2. The number of amides is 2. The first-order valence-corrected chi connectivity index (χ1v) is 8.07. The molecule has 6 heteroatoms. The number of benzene rings is 1. The van der Waals surface area contributed by atoms with E-state index in [1.165, 1.54) is 12.8 Å². The highest BCUT2D eigenvalue weighted by molar-refractivity contribution is 6.31. The van der Waals surface area contributed by atoms with E-state index in [2.05, 4.69) is 22.6 Å². The van der Waals surface area contributed by atoms with Crippen LogP contribution in [0.4, 0.5) is 10.5 Å². The van der Waals surface area contributed by atoms with Crippen LogP contribution < -0.4 is 15.4 Å². The molecule has 2 fully saturated rings. The molecule has 0 radical (unpaired) electrons. The smallest absolute Gasteiger partial charge is 0.319 e. The van der Waals surface area contributed by atoms with Gasteiger partial charge in [-0.05, 0) is 50.9 Å². The standard InChI is InChI=1S/C16H22ClN3O2/c1-20-12-4-5-13(20)9-11(8-12)18-16(21)19-14-7-10(17)3-6-15(14)22-2/h3,6-7,11-13H,4-5,8-9H2,1-2H3,(H2,18,19,21). The summed E-state index contributed by atoms with van der Waals surface area (Å²) in [5.41, 5.74) is 0.586. The van der Waals surface area contributed by atoms with Crippen molar-refractivity contribution in [2.45, 2.75) is 43.8 Å². The van der Waals surface area contributed by atoms with E-state index in [1.807, 2.05) is 0 Å². The van der Waals surface area contributed by atoms with Crippen molar-refractivity contribution in [1.29, 1.82) is 0 Å². The molecule has 3 rings (SSSR count). The number of carbonyl (C=O) groups is 1. The maximum Gasteiger partial charge on any atom is 0.319 e. The fourth-order valence-corrected chi connectivity index (χ4v) is 3.82. The molecule has 0 aromatic heterocycles. The van der Waals surface area contributed by atoms with E-state index in [4.69, 9.17) is 16.3 Å². The van der Waals surface area contributed by atoms with E-state index in [9.17, 15) is 4.79 Å². The lowest BCUT2D eigenvalue weighted by molar-refractivity contribution is 0.151. The van der Waals surface area contributed by atoms with Crippen LogP contribution in [0.5, 0.6) is 5.75 Å². The first-order chi connectivity index (χ1) is 10.6. The van der Waals surface area contributed by atoms with Crippen LogP contribution in [0.25, 0.3) is 0 Å². The Morgan fingerprint density at radius 3 is 2.64 bits per heavy atom. The molecule has 0 aliphatic carbocycles. The van der Waals surface area contributed by atoms with Crippen molar-refractivity contribution < 1.29 is 9.53 Å². The van der Waals surface area contributed by atoms with Gasteiger partial charge in [-0.25, -0.2) is 4.79 Å². The lowest BCUT2D eigenvalue weighted by Gasteiger charge is -2.36. The molecule has 2 aliphatic rings. The van der Waals surface area contributed by atoms with Gasteiger partial charge in [0.05, 0.1) is 12.8 Å². The third-order valence-corrected chi connectivity index (χ3v) is 5.08. The molecule has 2 atom stereocenters. The summed E-state index contributed by atoms with van der Waals surface area (Å²) in [5.74, 6) is 0.600. The molecule has 5 nitrogen and oxygen atoms in total. The van der Waals surface area contributed by atoms with Crippen LogP contribution in [0.1, 0.15) is 25.7 Å². The van der Waals surface area contributed by atoms with E-state index in [0.717, 1.165) is 12.8 Å². The molecule has 1 aromatic carbocycles. The van der Waals surface area contributed by atoms with E-state index < -0.39 is 0 Å². The van der Waals surface area contributed by atoms with Gasteiger partial charge in [0.2, 0.25) is 0 Å².